The third-order valence-corrected chi connectivity index (χ3v) is 7.26. The summed E-state index contributed by atoms with van der Waals surface area (Å²) in [5.74, 6) is -3.95. The molecule has 3 fully saturated rings. The molecule has 4 atom stereocenters. The molecular formula is C29H30N4O8. The molecule has 12 heteroatoms. The Morgan fingerprint density at radius 3 is 2.37 bits per heavy atom. The van der Waals surface area contributed by atoms with Gasteiger partial charge in [0, 0.05) is 18.5 Å². The van der Waals surface area contributed by atoms with Crippen molar-refractivity contribution in [1.29, 1.82) is 0 Å². The van der Waals surface area contributed by atoms with Crippen LogP contribution in [0.15, 0.2) is 60.7 Å². The molecule has 3 saturated heterocycles. The van der Waals surface area contributed by atoms with E-state index in [2.05, 4.69) is 10.6 Å². The third kappa shape index (κ3) is 6.27. The number of nitrogens with one attached hydrogen (secondary N) is 2. The Kier molecular flexibility index (Phi) is 8.39. The molecule has 0 aromatic heterocycles. The summed E-state index contributed by atoms with van der Waals surface area (Å²) < 4.78 is 11.0. The fraction of sp³-hybridized carbons (Fsp3) is 0.379. The number of ketones is 1. The number of carbonyl (C=O) groups is 6. The number of hydrogen-bond acceptors (Lipinski definition) is 8. The van der Waals surface area contributed by atoms with Crippen LogP contribution in [-0.2, 0) is 40.1 Å². The Morgan fingerprint density at radius 1 is 0.927 bits per heavy atom. The van der Waals surface area contributed by atoms with Crippen molar-refractivity contribution in [3.8, 4) is 0 Å². The maximum absolute atomic E-state index is 13.7. The second-order valence-electron chi connectivity index (χ2n) is 10.1. The van der Waals surface area contributed by atoms with Gasteiger partial charge in [0.1, 0.15) is 18.1 Å². The number of rotatable bonds is 8. The van der Waals surface area contributed by atoms with Crippen LogP contribution in [0.3, 0.4) is 0 Å². The van der Waals surface area contributed by atoms with Crippen LogP contribution in [0.25, 0.3) is 0 Å². The van der Waals surface area contributed by atoms with Crippen molar-refractivity contribution in [1.82, 2.24) is 20.7 Å². The van der Waals surface area contributed by atoms with Crippen molar-refractivity contribution in [3.63, 3.8) is 0 Å². The molecule has 5 rings (SSSR count). The van der Waals surface area contributed by atoms with E-state index in [1.807, 2.05) is 30.3 Å². The van der Waals surface area contributed by atoms with Crippen LogP contribution in [0.5, 0.6) is 0 Å². The molecule has 3 aliphatic heterocycles. The number of cyclic esters (lactones) is 1. The van der Waals surface area contributed by atoms with Crippen molar-refractivity contribution >= 4 is 35.4 Å². The van der Waals surface area contributed by atoms with E-state index < -0.39 is 53.9 Å². The summed E-state index contributed by atoms with van der Waals surface area (Å²) in [6, 6.07) is 14.1. The van der Waals surface area contributed by atoms with Gasteiger partial charge in [-0.1, -0.05) is 60.7 Å². The Hall–Kier alpha value is -4.58. The molecule has 12 nitrogen and oxygen atoms in total. The van der Waals surface area contributed by atoms with Gasteiger partial charge in [0.25, 0.3) is 11.8 Å². The molecule has 0 spiro atoms. The predicted octanol–water partition coefficient (Wildman–Crippen LogP) is 0.857. The lowest BCUT2D eigenvalue weighted by Crippen LogP contribution is -2.64. The minimum absolute atomic E-state index is 0.0207. The molecule has 2 aromatic rings. The van der Waals surface area contributed by atoms with Gasteiger partial charge in [-0.05, 0) is 24.8 Å². The first kappa shape index (κ1) is 28.0. The number of benzene rings is 2. The van der Waals surface area contributed by atoms with Gasteiger partial charge < -0.3 is 20.1 Å². The van der Waals surface area contributed by atoms with Gasteiger partial charge in [0.15, 0.2) is 0 Å². The minimum Gasteiger partial charge on any atom is -0.433 e. The zero-order valence-electron chi connectivity index (χ0n) is 22.2. The first-order chi connectivity index (χ1) is 19.8. The zero-order valence-corrected chi connectivity index (χ0v) is 22.2. The molecule has 4 amide bonds. The van der Waals surface area contributed by atoms with Gasteiger partial charge in [-0.15, -0.1) is 0 Å². The highest BCUT2D eigenvalue weighted by molar-refractivity contribution is 6.43. The van der Waals surface area contributed by atoms with Gasteiger partial charge in [0.05, 0.1) is 13.0 Å². The molecular weight excluding hydrogens is 532 g/mol. The average molecular weight is 563 g/mol. The van der Waals surface area contributed by atoms with E-state index in [1.165, 1.54) is 17.1 Å². The van der Waals surface area contributed by atoms with Crippen LogP contribution < -0.4 is 10.6 Å². The lowest BCUT2D eigenvalue weighted by Gasteiger charge is -2.43. The third-order valence-electron chi connectivity index (χ3n) is 7.26. The zero-order chi connectivity index (χ0) is 28.9. The number of nitrogens with zero attached hydrogens (tertiary/aromatic N) is 2. The Bertz CT molecular complexity index is 1330. The molecule has 214 valence electrons. The molecule has 2 N–H and O–H groups in total. The van der Waals surface area contributed by atoms with Crippen molar-refractivity contribution in [3.05, 3.63) is 71.8 Å². The topological polar surface area (TPSA) is 151 Å². The smallest absolute Gasteiger partial charge is 0.310 e. The van der Waals surface area contributed by atoms with Crippen molar-refractivity contribution in [2.45, 2.75) is 63.1 Å². The lowest BCUT2D eigenvalue weighted by molar-refractivity contribution is -0.178. The average Bonchev–Trinajstić information content (AvgIpc) is 3.30. The number of carbonyl (C=O) groups excluding carboxylic acids is 6. The Morgan fingerprint density at radius 2 is 1.63 bits per heavy atom. The quantitative estimate of drug-likeness (QED) is 0.273. The maximum atomic E-state index is 13.7. The van der Waals surface area contributed by atoms with Crippen molar-refractivity contribution in [2.75, 3.05) is 6.54 Å². The highest BCUT2D eigenvalue weighted by atomic mass is 16.7. The van der Waals surface area contributed by atoms with Gasteiger partial charge >= 0.3 is 5.97 Å². The van der Waals surface area contributed by atoms with Crippen LogP contribution in [0.4, 0.5) is 0 Å². The molecule has 0 unspecified atom stereocenters. The summed E-state index contributed by atoms with van der Waals surface area (Å²) in [6.45, 7) is 0.385. The van der Waals surface area contributed by atoms with Gasteiger partial charge in [0.2, 0.25) is 23.9 Å². The first-order valence-electron chi connectivity index (χ1n) is 13.5. The minimum atomic E-state index is -1.18. The monoisotopic (exact) mass is 562 g/mol. The van der Waals surface area contributed by atoms with Gasteiger partial charge in [-0.2, -0.15) is 0 Å². The number of fused-ring (bicyclic) bond motifs is 1. The van der Waals surface area contributed by atoms with Crippen LogP contribution in [0.1, 0.15) is 48.0 Å². The van der Waals surface area contributed by atoms with E-state index in [1.54, 1.807) is 18.2 Å². The number of amides is 4. The Labute approximate surface area is 235 Å². The highest BCUT2D eigenvalue weighted by Gasteiger charge is 2.46. The molecule has 2 aromatic carbocycles. The number of hydrazine groups is 1. The van der Waals surface area contributed by atoms with Crippen LogP contribution in [0, 0.1) is 0 Å². The maximum Gasteiger partial charge on any atom is 0.310 e. The van der Waals surface area contributed by atoms with Crippen LogP contribution in [0.2, 0.25) is 0 Å². The summed E-state index contributed by atoms with van der Waals surface area (Å²) in [6.07, 6.45) is -0.500. The second-order valence-corrected chi connectivity index (χ2v) is 10.1. The van der Waals surface area contributed by atoms with Crippen molar-refractivity contribution in [2.24, 2.45) is 0 Å². The van der Waals surface area contributed by atoms with Gasteiger partial charge in [-0.25, -0.2) is 5.01 Å². The SMILES string of the molecule is O=C1C[C@H](NC(=O)[C@@H]2CCCN3C(=O)CC[C@H](NC(=O)C(=O)c4ccccc4)C(=O)N23)[C@H](OCc2ccccc2)O1. The summed E-state index contributed by atoms with van der Waals surface area (Å²) in [4.78, 5) is 77.5. The summed E-state index contributed by atoms with van der Waals surface area (Å²) in [5, 5.41) is 7.55. The summed E-state index contributed by atoms with van der Waals surface area (Å²) in [7, 11) is 0. The van der Waals surface area contributed by atoms with Crippen LogP contribution >= 0.6 is 0 Å². The summed E-state index contributed by atoms with van der Waals surface area (Å²) >= 11 is 0. The molecule has 0 saturated carbocycles. The highest BCUT2D eigenvalue weighted by Crippen LogP contribution is 2.26. The van der Waals surface area contributed by atoms with Gasteiger partial charge in [-0.3, -0.25) is 33.8 Å². The first-order valence-corrected chi connectivity index (χ1v) is 13.5. The van der Waals surface area contributed by atoms with E-state index in [9.17, 15) is 28.8 Å². The van der Waals surface area contributed by atoms with E-state index >= 15 is 0 Å². The lowest BCUT2D eigenvalue weighted by atomic mass is 10.0. The molecule has 3 aliphatic rings. The van der Waals surface area contributed by atoms with Crippen molar-refractivity contribution < 1.29 is 38.2 Å². The molecule has 3 heterocycles. The number of ether oxygens (including phenoxy) is 2. The number of Topliss-reactive ketones (excluding diaryl/α,β-unsaturated/α-hetero) is 1. The standard InChI is InChI=1S/C29H30N4O8/c34-23-14-13-20(30-27(38)25(36)19-10-5-2-6-11-19)28(39)33-22(12-7-15-32(23)33)26(37)31-21-16-24(35)41-29(21)40-17-18-8-3-1-4-9-18/h1-6,8-11,20-22,29H,7,12-17H2,(H,30,38)(H,31,37)/t20-,21-,22-,29+/m0/s1. The van der Waals surface area contributed by atoms with E-state index in [-0.39, 0.29) is 50.3 Å². The molecule has 0 aliphatic carbocycles. The molecule has 0 bridgehead atoms. The van der Waals surface area contributed by atoms with E-state index in [0.717, 1.165) is 10.6 Å². The van der Waals surface area contributed by atoms with Crippen LogP contribution in [-0.4, -0.2) is 76.4 Å². The molecule has 0 radical (unpaired) electrons. The van der Waals surface area contributed by atoms with E-state index in [4.69, 9.17) is 9.47 Å². The fourth-order valence-corrected chi connectivity index (χ4v) is 5.19. The number of hydrogen-bond donors (Lipinski definition) is 2. The molecule has 41 heavy (non-hydrogen) atoms. The van der Waals surface area contributed by atoms with E-state index in [0.29, 0.717) is 6.42 Å². The largest absolute Gasteiger partial charge is 0.433 e. The summed E-state index contributed by atoms with van der Waals surface area (Å²) in [5.41, 5.74) is 1.02. The second kappa shape index (κ2) is 12.3. The Balaban J connectivity index is 1.28. The normalized spacial score (nSPS) is 24.2. The number of esters is 1. The fourth-order valence-electron chi connectivity index (χ4n) is 5.19. The predicted molar refractivity (Wildman–Crippen MR) is 141 cm³/mol.